The van der Waals surface area contributed by atoms with E-state index < -0.39 is 12.1 Å². The third kappa shape index (κ3) is 4.87. The van der Waals surface area contributed by atoms with Crippen LogP contribution in [0.25, 0.3) is 0 Å². The third-order valence-electron chi connectivity index (χ3n) is 3.36. The second-order valence-corrected chi connectivity index (χ2v) is 5.36. The molecule has 0 radical (unpaired) electrons. The minimum absolute atomic E-state index is 0.235. The van der Waals surface area contributed by atoms with Crippen LogP contribution in [0.3, 0.4) is 0 Å². The summed E-state index contributed by atoms with van der Waals surface area (Å²) >= 11 is 0. The standard InChI is InChI=1S/C17H23NO5/c1-4-21-14-9-6-12(10-15(14)22-5-2)17(20)23-11(3)16(19)18-13-7-8-13/h6,9-11,13H,4-5,7-8H2,1-3H3,(H,18,19). The van der Waals surface area contributed by atoms with Crippen molar-refractivity contribution in [2.75, 3.05) is 13.2 Å². The molecule has 0 aliphatic heterocycles. The Morgan fingerprint density at radius 2 is 1.83 bits per heavy atom. The number of hydrogen-bond donors (Lipinski definition) is 1. The maximum absolute atomic E-state index is 12.2. The van der Waals surface area contributed by atoms with Gasteiger partial charge in [-0.3, -0.25) is 4.79 Å². The fourth-order valence-electron chi connectivity index (χ4n) is 2.01. The summed E-state index contributed by atoms with van der Waals surface area (Å²) in [5.74, 6) is 0.230. The zero-order valence-corrected chi connectivity index (χ0v) is 13.8. The Hall–Kier alpha value is -2.24. The predicted octanol–water partition coefficient (Wildman–Crippen LogP) is 2.31. The van der Waals surface area contributed by atoms with Gasteiger partial charge in [-0.05, 0) is 51.8 Å². The third-order valence-corrected chi connectivity index (χ3v) is 3.36. The molecule has 1 saturated carbocycles. The summed E-state index contributed by atoms with van der Waals surface area (Å²) in [5.41, 5.74) is 0.322. The van der Waals surface area contributed by atoms with Crippen LogP contribution in [-0.4, -0.2) is 37.2 Å². The molecule has 1 aromatic rings. The molecule has 126 valence electrons. The molecule has 6 nitrogen and oxygen atoms in total. The number of benzene rings is 1. The number of amides is 1. The van der Waals surface area contributed by atoms with Crippen molar-refractivity contribution in [3.05, 3.63) is 23.8 Å². The first-order valence-corrected chi connectivity index (χ1v) is 7.96. The van der Waals surface area contributed by atoms with Crippen LogP contribution >= 0.6 is 0 Å². The highest BCUT2D eigenvalue weighted by Crippen LogP contribution is 2.29. The molecule has 1 fully saturated rings. The molecule has 1 atom stereocenters. The van der Waals surface area contributed by atoms with E-state index in [-0.39, 0.29) is 11.9 Å². The Morgan fingerprint density at radius 1 is 1.17 bits per heavy atom. The highest BCUT2D eigenvalue weighted by atomic mass is 16.5. The van der Waals surface area contributed by atoms with Gasteiger partial charge in [-0.25, -0.2) is 4.79 Å². The van der Waals surface area contributed by atoms with Crippen LogP contribution in [0, 0.1) is 0 Å². The van der Waals surface area contributed by atoms with Gasteiger partial charge in [0, 0.05) is 6.04 Å². The number of carbonyl (C=O) groups is 2. The van der Waals surface area contributed by atoms with Crippen molar-refractivity contribution in [1.29, 1.82) is 0 Å². The largest absolute Gasteiger partial charge is 0.490 e. The Labute approximate surface area is 136 Å². The Balaban J connectivity index is 2.02. The molecule has 1 aliphatic carbocycles. The summed E-state index contributed by atoms with van der Waals surface area (Å²) in [4.78, 5) is 24.0. The van der Waals surface area contributed by atoms with Gasteiger partial charge in [0.15, 0.2) is 17.6 Å². The zero-order chi connectivity index (χ0) is 16.8. The minimum Gasteiger partial charge on any atom is -0.490 e. The molecule has 2 rings (SSSR count). The number of esters is 1. The fourth-order valence-corrected chi connectivity index (χ4v) is 2.01. The van der Waals surface area contributed by atoms with E-state index in [9.17, 15) is 9.59 Å². The topological polar surface area (TPSA) is 73.9 Å². The number of rotatable bonds is 8. The van der Waals surface area contributed by atoms with E-state index in [2.05, 4.69) is 5.32 Å². The maximum Gasteiger partial charge on any atom is 0.339 e. The summed E-state index contributed by atoms with van der Waals surface area (Å²) < 4.78 is 16.1. The van der Waals surface area contributed by atoms with E-state index in [1.54, 1.807) is 25.1 Å². The normalized spacial score (nSPS) is 14.7. The minimum atomic E-state index is -0.829. The molecular formula is C17H23NO5. The van der Waals surface area contributed by atoms with Crippen LogP contribution < -0.4 is 14.8 Å². The smallest absolute Gasteiger partial charge is 0.339 e. The van der Waals surface area contributed by atoms with Gasteiger partial charge in [0.25, 0.3) is 5.91 Å². The van der Waals surface area contributed by atoms with Gasteiger partial charge in [0.2, 0.25) is 0 Å². The first-order valence-electron chi connectivity index (χ1n) is 7.96. The van der Waals surface area contributed by atoms with E-state index >= 15 is 0 Å². The van der Waals surface area contributed by atoms with E-state index in [1.807, 2.05) is 13.8 Å². The van der Waals surface area contributed by atoms with Crippen LogP contribution in [-0.2, 0) is 9.53 Å². The van der Waals surface area contributed by atoms with Gasteiger partial charge in [-0.2, -0.15) is 0 Å². The van der Waals surface area contributed by atoms with E-state index in [4.69, 9.17) is 14.2 Å². The highest BCUT2D eigenvalue weighted by Gasteiger charge is 2.27. The molecule has 0 spiro atoms. The van der Waals surface area contributed by atoms with E-state index in [0.717, 1.165) is 12.8 Å². The van der Waals surface area contributed by atoms with Gasteiger partial charge in [0.05, 0.1) is 18.8 Å². The molecule has 0 saturated heterocycles. The van der Waals surface area contributed by atoms with Crippen molar-refractivity contribution in [1.82, 2.24) is 5.32 Å². The van der Waals surface area contributed by atoms with Crippen LogP contribution in [0.15, 0.2) is 18.2 Å². The highest BCUT2D eigenvalue weighted by molar-refractivity contribution is 5.93. The average Bonchev–Trinajstić information content (AvgIpc) is 3.33. The van der Waals surface area contributed by atoms with Crippen LogP contribution in [0.2, 0.25) is 0 Å². The molecule has 0 heterocycles. The van der Waals surface area contributed by atoms with Crippen molar-refractivity contribution >= 4 is 11.9 Å². The molecule has 1 aliphatic rings. The average molecular weight is 321 g/mol. The molecular weight excluding hydrogens is 298 g/mol. The van der Waals surface area contributed by atoms with Crippen molar-refractivity contribution < 1.29 is 23.8 Å². The van der Waals surface area contributed by atoms with Crippen LogP contribution in [0.1, 0.15) is 44.0 Å². The lowest BCUT2D eigenvalue weighted by Gasteiger charge is -2.15. The van der Waals surface area contributed by atoms with Gasteiger partial charge < -0.3 is 19.5 Å². The first kappa shape index (κ1) is 17.1. The molecule has 1 unspecified atom stereocenters. The summed E-state index contributed by atoms with van der Waals surface area (Å²) in [6, 6.07) is 5.07. The first-order chi connectivity index (χ1) is 11.0. The van der Waals surface area contributed by atoms with Gasteiger partial charge in [0.1, 0.15) is 0 Å². The number of nitrogens with one attached hydrogen (secondary N) is 1. The molecule has 1 aromatic carbocycles. The zero-order valence-electron chi connectivity index (χ0n) is 13.8. The molecule has 6 heteroatoms. The number of hydrogen-bond acceptors (Lipinski definition) is 5. The Morgan fingerprint density at radius 3 is 2.43 bits per heavy atom. The number of ether oxygens (including phenoxy) is 3. The lowest BCUT2D eigenvalue weighted by molar-refractivity contribution is -0.129. The van der Waals surface area contributed by atoms with E-state index in [0.29, 0.717) is 30.3 Å². The predicted molar refractivity (Wildman–Crippen MR) is 84.8 cm³/mol. The molecule has 0 aromatic heterocycles. The summed E-state index contributed by atoms with van der Waals surface area (Å²) in [6.07, 6.45) is 1.15. The Kier molecular flexibility index (Phi) is 5.84. The Bertz CT molecular complexity index is 568. The van der Waals surface area contributed by atoms with Crippen LogP contribution in [0.5, 0.6) is 11.5 Å². The second-order valence-electron chi connectivity index (χ2n) is 5.36. The molecule has 1 N–H and O–H groups in total. The van der Waals surface area contributed by atoms with Crippen molar-refractivity contribution in [2.45, 2.75) is 45.8 Å². The molecule has 23 heavy (non-hydrogen) atoms. The monoisotopic (exact) mass is 321 g/mol. The van der Waals surface area contributed by atoms with E-state index in [1.165, 1.54) is 0 Å². The number of carbonyl (C=O) groups excluding carboxylic acids is 2. The van der Waals surface area contributed by atoms with Crippen molar-refractivity contribution in [3.8, 4) is 11.5 Å². The van der Waals surface area contributed by atoms with Gasteiger partial charge >= 0.3 is 5.97 Å². The maximum atomic E-state index is 12.2. The van der Waals surface area contributed by atoms with Gasteiger partial charge in [-0.15, -0.1) is 0 Å². The van der Waals surface area contributed by atoms with Crippen LogP contribution in [0.4, 0.5) is 0 Å². The van der Waals surface area contributed by atoms with Crippen molar-refractivity contribution in [3.63, 3.8) is 0 Å². The second kappa shape index (κ2) is 7.85. The summed E-state index contributed by atoms with van der Waals surface area (Å²) in [5, 5.41) is 2.81. The SMILES string of the molecule is CCOc1ccc(C(=O)OC(C)C(=O)NC2CC2)cc1OCC. The molecule has 1 amide bonds. The van der Waals surface area contributed by atoms with Gasteiger partial charge in [-0.1, -0.05) is 0 Å². The lowest BCUT2D eigenvalue weighted by atomic mass is 10.2. The molecule has 0 bridgehead atoms. The summed E-state index contributed by atoms with van der Waals surface area (Å²) in [6.45, 7) is 6.25. The summed E-state index contributed by atoms with van der Waals surface area (Å²) in [7, 11) is 0. The quantitative estimate of drug-likeness (QED) is 0.744. The lowest BCUT2D eigenvalue weighted by Crippen LogP contribution is -2.37. The van der Waals surface area contributed by atoms with Crippen molar-refractivity contribution in [2.24, 2.45) is 0 Å². The fraction of sp³-hybridized carbons (Fsp3) is 0.529.